The minimum atomic E-state index is 0.160. The van der Waals surface area contributed by atoms with Crippen molar-refractivity contribution < 1.29 is 4.79 Å². The molecule has 0 aromatic carbocycles. The number of rotatable bonds is 3. The third-order valence-corrected chi connectivity index (χ3v) is 4.57. The highest BCUT2D eigenvalue weighted by Gasteiger charge is 2.28. The van der Waals surface area contributed by atoms with E-state index >= 15 is 0 Å². The van der Waals surface area contributed by atoms with Crippen molar-refractivity contribution in [1.29, 1.82) is 0 Å². The molecule has 20 heavy (non-hydrogen) atoms. The molecule has 104 valence electrons. The molecule has 0 unspecified atom stereocenters. The average molecular weight is 287 g/mol. The Labute approximate surface area is 122 Å². The first-order valence-corrected chi connectivity index (χ1v) is 7.62. The molecule has 3 heterocycles. The molecule has 0 saturated carbocycles. The van der Waals surface area contributed by atoms with Crippen molar-refractivity contribution >= 4 is 22.9 Å². The topological polar surface area (TPSA) is 45.2 Å². The lowest BCUT2D eigenvalue weighted by atomic mass is 10.2. The van der Waals surface area contributed by atoms with Crippen LogP contribution in [0.5, 0.6) is 0 Å². The SMILES string of the molecule is Cc1ccsc1C(=O)N1CC[C@@H](Nc2cccnc2)C1. The van der Waals surface area contributed by atoms with E-state index in [1.54, 1.807) is 6.20 Å². The van der Waals surface area contributed by atoms with E-state index in [0.29, 0.717) is 6.04 Å². The minimum Gasteiger partial charge on any atom is -0.379 e. The summed E-state index contributed by atoms with van der Waals surface area (Å²) >= 11 is 1.53. The van der Waals surface area contributed by atoms with Gasteiger partial charge in [0.25, 0.3) is 5.91 Å². The first kappa shape index (κ1) is 13.1. The number of carbonyl (C=O) groups is 1. The second-order valence-corrected chi connectivity index (χ2v) is 5.97. The Hall–Kier alpha value is -1.88. The molecule has 2 aromatic heterocycles. The molecule has 5 heteroatoms. The molecule has 2 aromatic rings. The predicted molar refractivity (Wildman–Crippen MR) is 81.2 cm³/mol. The van der Waals surface area contributed by atoms with Crippen molar-refractivity contribution in [2.75, 3.05) is 18.4 Å². The van der Waals surface area contributed by atoms with E-state index in [1.165, 1.54) is 11.3 Å². The van der Waals surface area contributed by atoms with Crippen LogP contribution in [0.1, 0.15) is 21.7 Å². The molecular weight excluding hydrogens is 270 g/mol. The monoisotopic (exact) mass is 287 g/mol. The summed E-state index contributed by atoms with van der Waals surface area (Å²) in [6.07, 6.45) is 4.55. The van der Waals surface area contributed by atoms with Gasteiger partial charge in [0, 0.05) is 31.5 Å². The Morgan fingerprint density at radius 2 is 2.40 bits per heavy atom. The van der Waals surface area contributed by atoms with Gasteiger partial charge in [-0.05, 0) is 42.5 Å². The van der Waals surface area contributed by atoms with Crippen LogP contribution >= 0.6 is 11.3 Å². The van der Waals surface area contributed by atoms with Crippen molar-refractivity contribution in [3.05, 3.63) is 46.4 Å². The molecule has 1 fully saturated rings. The number of nitrogens with one attached hydrogen (secondary N) is 1. The fourth-order valence-electron chi connectivity index (χ4n) is 2.48. The van der Waals surface area contributed by atoms with Crippen LogP contribution < -0.4 is 5.32 Å². The molecule has 3 rings (SSSR count). The van der Waals surface area contributed by atoms with Crippen LogP contribution in [0.2, 0.25) is 0 Å². The van der Waals surface area contributed by atoms with Crippen molar-refractivity contribution in [2.45, 2.75) is 19.4 Å². The van der Waals surface area contributed by atoms with Crippen LogP contribution in [0.3, 0.4) is 0 Å². The van der Waals surface area contributed by atoms with Gasteiger partial charge in [0.05, 0.1) is 10.6 Å². The first-order valence-electron chi connectivity index (χ1n) is 6.74. The van der Waals surface area contributed by atoms with Gasteiger partial charge >= 0.3 is 0 Å². The lowest BCUT2D eigenvalue weighted by Gasteiger charge is -2.17. The number of pyridine rings is 1. The fourth-order valence-corrected chi connectivity index (χ4v) is 3.37. The highest BCUT2D eigenvalue weighted by Crippen LogP contribution is 2.22. The average Bonchev–Trinajstić information content (AvgIpc) is 3.08. The quantitative estimate of drug-likeness (QED) is 0.944. The molecular formula is C15H17N3OS. The number of nitrogens with zero attached hydrogens (tertiary/aromatic N) is 2. The van der Waals surface area contributed by atoms with E-state index < -0.39 is 0 Å². The second kappa shape index (κ2) is 5.63. The van der Waals surface area contributed by atoms with Crippen LogP contribution in [0, 0.1) is 6.92 Å². The first-order chi connectivity index (χ1) is 9.74. The number of hydrogen-bond donors (Lipinski definition) is 1. The number of aryl methyl sites for hydroxylation is 1. The summed E-state index contributed by atoms with van der Waals surface area (Å²) in [5.74, 6) is 0.160. The summed E-state index contributed by atoms with van der Waals surface area (Å²) in [6.45, 7) is 3.56. The third-order valence-electron chi connectivity index (χ3n) is 3.56. The molecule has 0 bridgehead atoms. The van der Waals surface area contributed by atoms with E-state index in [4.69, 9.17) is 0 Å². The van der Waals surface area contributed by atoms with Crippen molar-refractivity contribution in [2.24, 2.45) is 0 Å². The number of likely N-dealkylation sites (tertiary alicyclic amines) is 1. The smallest absolute Gasteiger partial charge is 0.264 e. The fraction of sp³-hybridized carbons (Fsp3) is 0.333. The van der Waals surface area contributed by atoms with Crippen molar-refractivity contribution in [3.63, 3.8) is 0 Å². The van der Waals surface area contributed by atoms with Gasteiger partial charge in [-0.1, -0.05) is 0 Å². The van der Waals surface area contributed by atoms with E-state index in [-0.39, 0.29) is 5.91 Å². The molecule has 4 nitrogen and oxygen atoms in total. The number of hydrogen-bond acceptors (Lipinski definition) is 4. The number of amides is 1. The summed E-state index contributed by atoms with van der Waals surface area (Å²) in [5.41, 5.74) is 2.09. The van der Waals surface area contributed by atoms with E-state index in [9.17, 15) is 4.79 Å². The van der Waals surface area contributed by atoms with Crippen molar-refractivity contribution in [3.8, 4) is 0 Å². The summed E-state index contributed by atoms with van der Waals surface area (Å²) in [7, 11) is 0. The molecule has 1 atom stereocenters. The Morgan fingerprint density at radius 3 is 3.10 bits per heavy atom. The van der Waals surface area contributed by atoms with Gasteiger partial charge < -0.3 is 10.2 Å². The zero-order chi connectivity index (χ0) is 13.9. The lowest BCUT2D eigenvalue weighted by molar-refractivity contribution is 0.0796. The maximum Gasteiger partial charge on any atom is 0.264 e. The van der Waals surface area contributed by atoms with E-state index in [0.717, 1.165) is 35.6 Å². The summed E-state index contributed by atoms with van der Waals surface area (Å²) < 4.78 is 0. The Kier molecular flexibility index (Phi) is 3.69. The maximum absolute atomic E-state index is 12.4. The van der Waals surface area contributed by atoms with Crippen LogP contribution in [0.25, 0.3) is 0 Å². The molecule has 1 aliphatic rings. The summed E-state index contributed by atoms with van der Waals surface area (Å²) in [4.78, 5) is 19.3. The summed E-state index contributed by atoms with van der Waals surface area (Å²) in [5, 5.41) is 5.41. The Morgan fingerprint density at radius 1 is 1.50 bits per heavy atom. The molecule has 1 amide bonds. The molecule has 0 spiro atoms. The third kappa shape index (κ3) is 2.67. The van der Waals surface area contributed by atoms with Crippen LogP contribution in [0.15, 0.2) is 36.0 Å². The number of thiophene rings is 1. The number of anilines is 1. The van der Waals surface area contributed by atoms with Gasteiger partial charge in [-0.2, -0.15) is 0 Å². The maximum atomic E-state index is 12.4. The molecule has 0 radical (unpaired) electrons. The predicted octanol–water partition coefficient (Wildman–Crippen LogP) is 2.78. The largest absolute Gasteiger partial charge is 0.379 e. The highest BCUT2D eigenvalue weighted by molar-refractivity contribution is 7.12. The van der Waals surface area contributed by atoms with Gasteiger partial charge in [-0.3, -0.25) is 9.78 Å². The van der Waals surface area contributed by atoms with Crippen LogP contribution in [-0.2, 0) is 0 Å². The Bertz CT molecular complexity index is 596. The van der Waals surface area contributed by atoms with Crippen LogP contribution in [-0.4, -0.2) is 34.9 Å². The standard InChI is InChI=1S/C15H17N3OS/c1-11-5-8-20-14(11)15(19)18-7-4-13(10-18)17-12-3-2-6-16-9-12/h2-3,5-6,8-9,13,17H,4,7,10H2,1H3/t13-/m1/s1. The second-order valence-electron chi connectivity index (χ2n) is 5.06. The van der Waals surface area contributed by atoms with Gasteiger partial charge in [0.2, 0.25) is 0 Å². The molecule has 0 aliphatic carbocycles. The van der Waals surface area contributed by atoms with Crippen LogP contribution in [0.4, 0.5) is 5.69 Å². The zero-order valence-corrected chi connectivity index (χ0v) is 12.2. The highest BCUT2D eigenvalue weighted by atomic mass is 32.1. The number of carbonyl (C=O) groups excluding carboxylic acids is 1. The number of aromatic nitrogens is 1. The van der Waals surface area contributed by atoms with Gasteiger partial charge in [0.1, 0.15) is 0 Å². The lowest BCUT2D eigenvalue weighted by Crippen LogP contribution is -2.31. The minimum absolute atomic E-state index is 0.160. The molecule has 1 N–H and O–H groups in total. The van der Waals surface area contributed by atoms with E-state index in [2.05, 4.69) is 10.3 Å². The van der Waals surface area contributed by atoms with Crippen molar-refractivity contribution in [1.82, 2.24) is 9.88 Å². The summed E-state index contributed by atoms with van der Waals surface area (Å²) in [6, 6.07) is 6.22. The molecule has 1 aliphatic heterocycles. The molecule has 1 saturated heterocycles. The zero-order valence-electron chi connectivity index (χ0n) is 11.4. The normalized spacial score (nSPS) is 18.2. The van der Waals surface area contributed by atoms with Gasteiger partial charge in [-0.15, -0.1) is 11.3 Å². The Balaban J connectivity index is 1.62. The van der Waals surface area contributed by atoms with Gasteiger partial charge in [-0.25, -0.2) is 0 Å². The van der Waals surface area contributed by atoms with E-state index in [1.807, 2.05) is 41.6 Å². The van der Waals surface area contributed by atoms with Gasteiger partial charge in [0.15, 0.2) is 0 Å².